The Morgan fingerprint density at radius 1 is 1.46 bits per heavy atom. The van der Waals surface area contributed by atoms with Crippen molar-refractivity contribution in [1.29, 1.82) is 0 Å². The Balaban J connectivity index is 2.42. The van der Waals surface area contributed by atoms with E-state index in [0.717, 1.165) is 15.8 Å². The highest BCUT2D eigenvalue weighted by Crippen LogP contribution is 2.17. The first-order valence-corrected chi connectivity index (χ1v) is 4.76. The van der Waals surface area contributed by atoms with Gasteiger partial charge in [-0.05, 0) is 29.2 Å². The normalized spacial score (nSPS) is 11.5. The van der Waals surface area contributed by atoms with Crippen LogP contribution in [0.25, 0.3) is 16.3 Å². The van der Waals surface area contributed by atoms with Crippen LogP contribution in [-0.2, 0) is 0 Å². The summed E-state index contributed by atoms with van der Waals surface area (Å²) in [7, 11) is 0. The summed E-state index contributed by atoms with van der Waals surface area (Å²) in [6.45, 7) is 0.568. The van der Waals surface area contributed by atoms with E-state index in [-0.39, 0.29) is 0 Å². The molecule has 0 amide bonds. The molecule has 0 fully saturated rings. The lowest BCUT2D eigenvalue weighted by Crippen LogP contribution is -1.91. The molecule has 0 radical (unpaired) electrons. The number of nitrogens with zero attached hydrogens (tertiary/aromatic N) is 2. The molecule has 0 saturated heterocycles. The quantitative estimate of drug-likeness (QED) is 0.785. The minimum absolute atomic E-state index is 0.568. The van der Waals surface area contributed by atoms with Crippen molar-refractivity contribution >= 4 is 27.8 Å². The maximum absolute atomic E-state index is 5.36. The SMILES string of the molecule is NC/C=C/c1ccc2nnsc2c1. The Bertz CT molecular complexity index is 433. The van der Waals surface area contributed by atoms with Crippen LogP contribution >= 0.6 is 11.5 Å². The van der Waals surface area contributed by atoms with E-state index < -0.39 is 0 Å². The van der Waals surface area contributed by atoms with Crippen molar-refractivity contribution in [3.8, 4) is 0 Å². The number of fused-ring (bicyclic) bond motifs is 1. The van der Waals surface area contributed by atoms with Gasteiger partial charge in [-0.15, -0.1) is 5.10 Å². The largest absolute Gasteiger partial charge is 0.327 e. The summed E-state index contributed by atoms with van der Waals surface area (Å²) in [4.78, 5) is 0. The molecule has 0 bridgehead atoms. The van der Waals surface area contributed by atoms with Crippen LogP contribution in [0.3, 0.4) is 0 Å². The smallest absolute Gasteiger partial charge is 0.106 e. The van der Waals surface area contributed by atoms with Gasteiger partial charge in [0.25, 0.3) is 0 Å². The highest BCUT2D eigenvalue weighted by atomic mass is 32.1. The van der Waals surface area contributed by atoms with Crippen LogP contribution in [0.5, 0.6) is 0 Å². The summed E-state index contributed by atoms with van der Waals surface area (Å²) in [5.41, 5.74) is 7.46. The van der Waals surface area contributed by atoms with E-state index >= 15 is 0 Å². The van der Waals surface area contributed by atoms with Gasteiger partial charge in [0.2, 0.25) is 0 Å². The number of rotatable bonds is 2. The van der Waals surface area contributed by atoms with Crippen LogP contribution in [0.1, 0.15) is 5.56 Å². The maximum atomic E-state index is 5.36. The molecule has 2 N–H and O–H groups in total. The van der Waals surface area contributed by atoms with Gasteiger partial charge in [-0.2, -0.15) is 0 Å². The molecule has 1 heterocycles. The lowest BCUT2D eigenvalue weighted by atomic mass is 10.2. The summed E-state index contributed by atoms with van der Waals surface area (Å²) in [6.07, 6.45) is 3.93. The van der Waals surface area contributed by atoms with Gasteiger partial charge < -0.3 is 5.73 Å². The molecule has 0 aliphatic carbocycles. The van der Waals surface area contributed by atoms with E-state index in [2.05, 4.69) is 15.7 Å². The molecule has 0 aliphatic rings. The Kier molecular flexibility index (Phi) is 2.33. The first-order chi connectivity index (χ1) is 6.40. The lowest BCUT2D eigenvalue weighted by Gasteiger charge is -1.91. The average molecular weight is 191 g/mol. The molecule has 0 unspecified atom stereocenters. The van der Waals surface area contributed by atoms with Gasteiger partial charge in [-0.25, -0.2) is 0 Å². The minimum Gasteiger partial charge on any atom is -0.327 e. The fourth-order valence-electron chi connectivity index (χ4n) is 1.10. The van der Waals surface area contributed by atoms with E-state index in [1.807, 2.05) is 24.3 Å². The van der Waals surface area contributed by atoms with Gasteiger partial charge in [-0.3, -0.25) is 0 Å². The Morgan fingerprint density at radius 3 is 3.23 bits per heavy atom. The topological polar surface area (TPSA) is 51.8 Å². The first kappa shape index (κ1) is 8.34. The van der Waals surface area contributed by atoms with E-state index in [4.69, 9.17) is 5.73 Å². The number of nitrogens with two attached hydrogens (primary N) is 1. The summed E-state index contributed by atoms with van der Waals surface area (Å²) < 4.78 is 4.98. The van der Waals surface area contributed by atoms with Crippen LogP contribution in [0.15, 0.2) is 24.3 Å². The van der Waals surface area contributed by atoms with Gasteiger partial charge in [0.1, 0.15) is 5.52 Å². The third-order valence-corrected chi connectivity index (χ3v) is 2.40. The molecule has 2 aromatic rings. The fraction of sp³-hybridized carbons (Fsp3) is 0.111. The predicted octanol–water partition coefficient (Wildman–Crippen LogP) is 1.66. The summed E-state index contributed by atoms with van der Waals surface area (Å²) in [5, 5.41) is 3.96. The van der Waals surface area contributed by atoms with E-state index in [1.165, 1.54) is 11.5 Å². The van der Waals surface area contributed by atoms with Gasteiger partial charge in [0, 0.05) is 6.54 Å². The monoisotopic (exact) mass is 191 g/mol. The molecular weight excluding hydrogens is 182 g/mol. The fourth-order valence-corrected chi connectivity index (χ4v) is 1.71. The summed E-state index contributed by atoms with van der Waals surface area (Å²) in [5.74, 6) is 0. The number of hydrogen-bond donors (Lipinski definition) is 1. The van der Waals surface area contributed by atoms with Gasteiger partial charge >= 0.3 is 0 Å². The minimum atomic E-state index is 0.568. The zero-order valence-corrected chi connectivity index (χ0v) is 7.79. The van der Waals surface area contributed by atoms with Crippen molar-refractivity contribution in [1.82, 2.24) is 9.59 Å². The first-order valence-electron chi connectivity index (χ1n) is 3.99. The third kappa shape index (κ3) is 1.74. The number of aromatic nitrogens is 2. The van der Waals surface area contributed by atoms with Crippen molar-refractivity contribution < 1.29 is 0 Å². The third-order valence-electron chi connectivity index (χ3n) is 1.72. The van der Waals surface area contributed by atoms with Crippen molar-refractivity contribution in [2.24, 2.45) is 5.73 Å². The van der Waals surface area contributed by atoms with Crippen molar-refractivity contribution in [3.63, 3.8) is 0 Å². The van der Waals surface area contributed by atoms with Gasteiger partial charge in [0.15, 0.2) is 0 Å². The maximum Gasteiger partial charge on any atom is 0.106 e. The molecule has 0 spiro atoms. The second-order valence-electron chi connectivity index (χ2n) is 2.64. The molecule has 1 aromatic carbocycles. The standard InChI is InChI=1S/C9H9N3S/c10-5-1-2-7-3-4-8-9(6-7)13-12-11-8/h1-4,6H,5,10H2/b2-1+. The van der Waals surface area contributed by atoms with Crippen LogP contribution in [0.2, 0.25) is 0 Å². The predicted molar refractivity (Wildman–Crippen MR) is 55.5 cm³/mol. The number of benzene rings is 1. The van der Waals surface area contributed by atoms with E-state index in [0.29, 0.717) is 6.54 Å². The molecule has 0 atom stereocenters. The lowest BCUT2D eigenvalue weighted by molar-refractivity contribution is 1.20. The average Bonchev–Trinajstić information content (AvgIpc) is 2.61. The Labute approximate surface area is 80.0 Å². The molecule has 0 aliphatic heterocycles. The van der Waals surface area contributed by atoms with Crippen LogP contribution in [-0.4, -0.2) is 16.1 Å². The second-order valence-corrected chi connectivity index (χ2v) is 3.42. The van der Waals surface area contributed by atoms with Crippen molar-refractivity contribution in [3.05, 3.63) is 29.8 Å². The van der Waals surface area contributed by atoms with Crippen LogP contribution in [0.4, 0.5) is 0 Å². The Morgan fingerprint density at radius 2 is 2.38 bits per heavy atom. The zero-order chi connectivity index (χ0) is 9.10. The van der Waals surface area contributed by atoms with Crippen LogP contribution < -0.4 is 5.73 Å². The van der Waals surface area contributed by atoms with E-state index in [1.54, 1.807) is 0 Å². The zero-order valence-electron chi connectivity index (χ0n) is 6.97. The Hall–Kier alpha value is -1.26. The second kappa shape index (κ2) is 3.64. The number of hydrogen-bond acceptors (Lipinski definition) is 4. The molecule has 2 rings (SSSR count). The molecular formula is C9H9N3S. The highest BCUT2D eigenvalue weighted by Gasteiger charge is 1.96. The molecule has 1 aromatic heterocycles. The molecule has 13 heavy (non-hydrogen) atoms. The summed E-state index contributed by atoms with van der Waals surface area (Å²) in [6, 6.07) is 6.04. The molecule has 4 heteroatoms. The van der Waals surface area contributed by atoms with Crippen molar-refractivity contribution in [2.45, 2.75) is 0 Å². The van der Waals surface area contributed by atoms with E-state index in [9.17, 15) is 0 Å². The molecule has 3 nitrogen and oxygen atoms in total. The van der Waals surface area contributed by atoms with Gasteiger partial charge in [-0.1, -0.05) is 22.7 Å². The van der Waals surface area contributed by atoms with Gasteiger partial charge in [0.05, 0.1) is 4.70 Å². The molecule has 66 valence electrons. The van der Waals surface area contributed by atoms with Crippen molar-refractivity contribution in [2.75, 3.05) is 6.54 Å². The summed E-state index contributed by atoms with van der Waals surface area (Å²) >= 11 is 1.41. The van der Waals surface area contributed by atoms with Crippen LogP contribution in [0, 0.1) is 0 Å². The highest BCUT2D eigenvalue weighted by molar-refractivity contribution is 7.12. The molecule has 0 saturated carbocycles.